The summed E-state index contributed by atoms with van der Waals surface area (Å²) < 4.78 is 7.24. The van der Waals surface area contributed by atoms with Crippen LogP contribution in [0.5, 0.6) is 5.75 Å². The van der Waals surface area contributed by atoms with Crippen LogP contribution >= 0.6 is 11.6 Å². The Bertz CT molecular complexity index is 1710. The Morgan fingerprint density at radius 1 is 1.03 bits per heavy atom. The maximum atomic E-state index is 13.1. The van der Waals surface area contributed by atoms with Crippen molar-refractivity contribution >= 4 is 39.7 Å². The van der Waals surface area contributed by atoms with E-state index in [1.165, 1.54) is 0 Å². The summed E-state index contributed by atoms with van der Waals surface area (Å²) in [6, 6.07) is 23.7. The maximum absolute atomic E-state index is 13.1. The molecule has 0 amide bonds. The number of fused-ring (bicyclic) bond motifs is 2. The first-order valence-electron chi connectivity index (χ1n) is 11.5. The van der Waals surface area contributed by atoms with E-state index in [0.717, 1.165) is 22.6 Å². The normalized spacial score (nSPS) is 15.2. The van der Waals surface area contributed by atoms with Crippen molar-refractivity contribution in [2.45, 2.75) is 19.4 Å². The maximum Gasteiger partial charge on any atom is 0.349 e. The molecule has 0 aliphatic carbocycles. The molecule has 1 unspecified atom stereocenters. The highest BCUT2D eigenvalue weighted by Crippen LogP contribution is 2.40. The predicted molar refractivity (Wildman–Crippen MR) is 141 cm³/mol. The van der Waals surface area contributed by atoms with Crippen molar-refractivity contribution in [3.63, 3.8) is 0 Å². The van der Waals surface area contributed by atoms with E-state index in [2.05, 4.69) is 5.32 Å². The summed E-state index contributed by atoms with van der Waals surface area (Å²) in [6.07, 6.45) is 0.270. The molecule has 2 N–H and O–H groups in total. The number of hydrogen-bond donors (Lipinski definition) is 2. The molecule has 5 aromatic rings. The van der Waals surface area contributed by atoms with E-state index in [9.17, 15) is 9.90 Å². The molecule has 0 bridgehead atoms. The van der Waals surface area contributed by atoms with Gasteiger partial charge in [0.2, 0.25) is 0 Å². The molecule has 7 nitrogen and oxygen atoms in total. The van der Waals surface area contributed by atoms with Crippen molar-refractivity contribution in [3.05, 3.63) is 111 Å². The van der Waals surface area contributed by atoms with Gasteiger partial charge in [-0.05, 0) is 43.3 Å². The Balaban J connectivity index is 1.53. The van der Waals surface area contributed by atoms with Crippen molar-refractivity contribution in [2.24, 2.45) is 4.99 Å². The lowest BCUT2D eigenvalue weighted by Crippen LogP contribution is -2.20. The lowest BCUT2D eigenvalue weighted by Gasteiger charge is -2.19. The van der Waals surface area contributed by atoms with Crippen LogP contribution in [0.4, 0.5) is 11.4 Å². The summed E-state index contributed by atoms with van der Waals surface area (Å²) in [6.45, 7) is 1.90. The van der Waals surface area contributed by atoms with E-state index in [1.54, 1.807) is 28.9 Å². The number of aromatic nitrogens is 2. The molecule has 1 atom stereocenters. The monoisotopic (exact) mass is 496 g/mol. The highest BCUT2D eigenvalue weighted by atomic mass is 35.5. The second-order valence-corrected chi connectivity index (χ2v) is 8.98. The lowest BCUT2D eigenvalue weighted by atomic mass is 9.97. The van der Waals surface area contributed by atoms with E-state index in [1.807, 2.05) is 61.5 Å². The van der Waals surface area contributed by atoms with Crippen LogP contribution in [0.2, 0.25) is 5.15 Å². The molecule has 2 aromatic heterocycles. The minimum Gasteiger partial charge on any atom is -0.506 e. The minimum atomic E-state index is -0.647. The van der Waals surface area contributed by atoms with Gasteiger partial charge in [-0.3, -0.25) is 4.99 Å². The number of anilines is 1. The van der Waals surface area contributed by atoms with Crippen molar-refractivity contribution in [3.8, 4) is 11.4 Å². The number of benzene rings is 3. The van der Waals surface area contributed by atoms with Crippen molar-refractivity contribution in [1.82, 2.24) is 9.78 Å². The molecule has 0 fully saturated rings. The Labute approximate surface area is 211 Å². The van der Waals surface area contributed by atoms with E-state index in [-0.39, 0.29) is 23.8 Å². The van der Waals surface area contributed by atoms with Crippen LogP contribution in [0.3, 0.4) is 0 Å². The third-order valence-electron chi connectivity index (χ3n) is 6.36. The Morgan fingerprint density at radius 2 is 1.75 bits per heavy atom. The number of hydrogen-bond acceptors (Lipinski definition) is 6. The Kier molecular flexibility index (Phi) is 5.34. The number of nitrogens with zero attached hydrogens (tertiary/aromatic N) is 3. The second-order valence-electron chi connectivity index (χ2n) is 8.62. The molecule has 1 aliphatic heterocycles. The molecule has 1 aliphatic rings. The highest BCUT2D eigenvalue weighted by Gasteiger charge is 2.30. The lowest BCUT2D eigenvalue weighted by molar-refractivity contribution is 0.466. The van der Waals surface area contributed by atoms with Gasteiger partial charge in [0.1, 0.15) is 22.0 Å². The molecule has 0 spiro atoms. The molecule has 178 valence electrons. The molecular weight excluding hydrogens is 476 g/mol. The fourth-order valence-electron chi connectivity index (χ4n) is 4.68. The minimum absolute atomic E-state index is 0.0430. The molecule has 0 radical (unpaired) electrons. The van der Waals surface area contributed by atoms with Gasteiger partial charge in [-0.15, -0.1) is 0 Å². The van der Waals surface area contributed by atoms with Gasteiger partial charge in [-0.1, -0.05) is 54.1 Å². The summed E-state index contributed by atoms with van der Waals surface area (Å²) in [5.41, 5.74) is 3.91. The van der Waals surface area contributed by atoms with Gasteiger partial charge in [0.15, 0.2) is 0 Å². The Hall–Kier alpha value is -4.36. The van der Waals surface area contributed by atoms with E-state index in [4.69, 9.17) is 26.1 Å². The van der Waals surface area contributed by atoms with Crippen LogP contribution in [0.15, 0.2) is 93.1 Å². The number of para-hydroxylation sites is 4. The van der Waals surface area contributed by atoms with Gasteiger partial charge in [0.25, 0.3) is 0 Å². The summed E-state index contributed by atoms with van der Waals surface area (Å²) in [7, 11) is 0. The first kappa shape index (κ1) is 22.1. The van der Waals surface area contributed by atoms with Gasteiger partial charge < -0.3 is 14.8 Å². The summed E-state index contributed by atoms with van der Waals surface area (Å²) >= 11 is 6.90. The average molecular weight is 497 g/mol. The summed E-state index contributed by atoms with van der Waals surface area (Å²) in [4.78, 5) is 17.9. The second kappa shape index (κ2) is 8.70. The van der Waals surface area contributed by atoms with Gasteiger partial charge >= 0.3 is 5.63 Å². The van der Waals surface area contributed by atoms with Crippen LogP contribution in [-0.2, 0) is 0 Å². The van der Waals surface area contributed by atoms with E-state index in [0.29, 0.717) is 27.5 Å². The molecule has 6 rings (SSSR count). The van der Waals surface area contributed by atoms with Crippen LogP contribution in [0, 0.1) is 6.92 Å². The molecule has 0 saturated heterocycles. The standard InChI is InChI=1S/C28H21ClN4O3/c1-16-24(27(29)33(32-16)17-9-3-2-4-10-17)21-15-22(31-20-13-7-6-12-19(20)30-21)25-26(34)18-11-5-8-14-23(18)36-28(25)35/h2-14,21,30,34H,15H2,1H3. The highest BCUT2D eigenvalue weighted by molar-refractivity contribution is 6.30. The number of aryl methyl sites for hydroxylation is 1. The predicted octanol–water partition coefficient (Wildman–Crippen LogP) is 6.32. The fraction of sp³-hybridized carbons (Fsp3) is 0.107. The van der Waals surface area contributed by atoms with Crippen molar-refractivity contribution < 1.29 is 9.52 Å². The number of aliphatic imine (C=N–C) groups is 1. The SMILES string of the molecule is Cc1nn(-c2ccccc2)c(Cl)c1C1CC(c2c(O)c3ccccc3oc2=O)=Nc2ccccc2N1. The molecule has 0 saturated carbocycles. The van der Waals surface area contributed by atoms with Crippen molar-refractivity contribution in [2.75, 3.05) is 5.32 Å². The molecular formula is C28H21ClN4O3. The zero-order valence-corrected chi connectivity index (χ0v) is 20.0. The first-order valence-corrected chi connectivity index (χ1v) is 11.9. The van der Waals surface area contributed by atoms with E-state index < -0.39 is 5.63 Å². The van der Waals surface area contributed by atoms with Gasteiger partial charge in [0.05, 0.1) is 39.9 Å². The summed E-state index contributed by atoms with van der Waals surface area (Å²) in [5, 5.41) is 20.3. The summed E-state index contributed by atoms with van der Waals surface area (Å²) in [5.74, 6) is -0.151. The van der Waals surface area contributed by atoms with Crippen LogP contribution in [-0.4, -0.2) is 20.6 Å². The number of halogens is 1. The zero-order chi connectivity index (χ0) is 24.8. The molecule has 8 heteroatoms. The van der Waals surface area contributed by atoms with Gasteiger partial charge in [0, 0.05) is 12.0 Å². The van der Waals surface area contributed by atoms with Crippen LogP contribution < -0.4 is 10.9 Å². The molecule has 3 aromatic carbocycles. The smallest absolute Gasteiger partial charge is 0.349 e. The number of aromatic hydroxyl groups is 1. The quantitative estimate of drug-likeness (QED) is 0.285. The van der Waals surface area contributed by atoms with E-state index >= 15 is 0 Å². The first-order chi connectivity index (χ1) is 17.5. The van der Waals surface area contributed by atoms with Crippen molar-refractivity contribution in [1.29, 1.82) is 0 Å². The number of rotatable bonds is 3. The largest absolute Gasteiger partial charge is 0.506 e. The third-order valence-corrected chi connectivity index (χ3v) is 6.72. The number of nitrogens with one attached hydrogen (secondary N) is 1. The molecule has 36 heavy (non-hydrogen) atoms. The van der Waals surface area contributed by atoms with Gasteiger partial charge in [-0.25, -0.2) is 9.48 Å². The topological polar surface area (TPSA) is 92.6 Å². The zero-order valence-electron chi connectivity index (χ0n) is 19.3. The average Bonchev–Trinajstić information content (AvgIpc) is 3.06. The van der Waals surface area contributed by atoms with Crippen LogP contribution in [0.25, 0.3) is 16.7 Å². The third kappa shape index (κ3) is 3.65. The molecule has 3 heterocycles. The van der Waals surface area contributed by atoms with Gasteiger partial charge in [-0.2, -0.15) is 5.10 Å². The van der Waals surface area contributed by atoms with Crippen LogP contribution in [0.1, 0.15) is 29.3 Å². The fourth-order valence-corrected chi connectivity index (χ4v) is 5.09. The Morgan fingerprint density at radius 3 is 2.58 bits per heavy atom.